The van der Waals surface area contributed by atoms with Crippen molar-refractivity contribution in [3.63, 3.8) is 0 Å². The molecule has 0 aromatic heterocycles. The van der Waals surface area contributed by atoms with E-state index >= 15 is 0 Å². The van der Waals surface area contributed by atoms with E-state index in [2.05, 4.69) is 12.3 Å². The molecule has 1 aromatic carbocycles. The molecule has 0 saturated carbocycles. The molecule has 0 unspecified atom stereocenters. The van der Waals surface area contributed by atoms with E-state index in [1.54, 1.807) is 0 Å². The van der Waals surface area contributed by atoms with Gasteiger partial charge in [-0.1, -0.05) is 6.07 Å². The summed E-state index contributed by atoms with van der Waals surface area (Å²) in [7, 11) is 0. The number of thioether (sulfide) groups is 1. The molecule has 0 aliphatic heterocycles. The highest BCUT2D eigenvalue weighted by atomic mass is 32.2. The molecule has 0 spiro atoms. The summed E-state index contributed by atoms with van der Waals surface area (Å²) in [5.74, 6) is 2.03. The second-order valence-corrected chi connectivity index (χ2v) is 5.45. The van der Waals surface area contributed by atoms with E-state index < -0.39 is 0 Å². The number of hydrogen-bond acceptors (Lipinski definition) is 3. The maximum atomic E-state index is 9.94. The Hall–Kier alpha value is -0.670. The quantitative estimate of drug-likeness (QED) is 0.816. The summed E-state index contributed by atoms with van der Waals surface area (Å²) in [6.45, 7) is 0.760. The van der Waals surface area contributed by atoms with Crippen LogP contribution in [0.4, 0.5) is 0 Å². The standard InChI is InChI=1S/C14H20O2S/c1-17-9-3-8-16-12-7-6-11-4-2-5-14(15)13(11)10-12/h6-7,10,14-15H,2-5,8-9H2,1H3/t14-/m0/s1. The molecule has 0 bridgehead atoms. The van der Waals surface area contributed by atoms with Crippen molar-refractivity contribution in [3.05, 3.63) is 29.3 Å². The van der Waals surface area contributed by atoms with Gasteiger partial charge in [0, 0.05) is 0 Å². The first-order valence-electron chi connectivity index (χ1n) is 6.24. The lowest BCUT2D eigenvalue weighted by Gasteiger charge is -2.21. The van der Waals surface area contributed by atoms with Crippen molar-refractivity contribution < 1.29 is 9.84 Å². The van der Waals surface area contributed by atoms with Crippen molar-refractivity contribution in [1.82, 2.24) is 0 Å². The van der Waals surface area contributed by atoms with Crippen molar-refractivity contribution >= 4 is 11.8 Å². The fourth-order valence-corrected chi connectivity index (χ4v) is 2.64. The van der Waals surface area contributed by atoms with Crippen LogP contribution in [0.15, 0.2) is 18.2 Å². The van der Waals surface area contributed by atoms with Gasteiger partial charge in [0.05, 0.1) is 12.7 Å². The van der Waals surface area contributed by atoms with Crippen LogP contribution in [0.2, 0.25) is 0 Å². The summed E-state index contributed by atoms with van der Waals surface area (Å²) >= 11 is 1.84. The van der Waals surface area contributed by atoms with E-state index in [1.807, 2.05) is 23.9 Å². The molecule has 1 N–H and O–H groups in total. The number of fused-ring (bicyclic) bond motifs is 1. The van der Waals surface area contributed by atoms with Crippen LogP contribution in [0, 0.1) is 0 Å². The lowest BCUT2D eigenvalue weighted by atomic mass is 9.89. The molecule has 94 valence electrons. The summed E-state index contributed by atoms with van der Waals surface area (Å²) in [6, 6.07) is 6.13. The maximum absolute atomic E-state index is 9.94. The molecule has 1 aliphatic carbocycles. The predicted octanol–water partition coefficient (Wildman–Crippen LogP) is 3.19. The van der Waals surface area contributed by atoms with Gasteiger partial charge in [-0.3, -0.25) is 0 Å². The molecule has 0 fully saturated rings. The third-order valence-electron chi connectivity index (χ3n) is 3.16. The van der Waals surface area contributed by atoms with Crippen LogP contribution >= 0.6 is 11.8 Å². The molecule has 2 rings (SSSR count). The van der Waals surface area contributed by atoms with E-state index in [1.165, 1.54) is 5.56 Å². The maximum Gasteiger partial charge on any atom is 0.119 e. The average molecular weight is 252 g/mol. The number of ether oxygens (including phenoxy) is 1. The molecular weight excluding hydrogens is 232 g/mol. The van der Waals surface area contributed by atoms with Gasteiger partial charge >= 0.3 is 0 Å². The highest BCUT2D eigenvalue weighted by Gasteiger charge is 2.18. The zero-order chi connectivity index (χ0) is 12.1. The number of hydrogen-bond donors (Lipinski definition) is 1. The minimum Gasteiger partial charge on any atom is -0.494 e. The largest absolute Gasteiger partial charge is 0.494 e. The van der Waals surface area contributed by atoms with Crippen molar-refractivity contribution in [2.24, 2.45) is 0 Å². The van der Waals surface area contributed by atoms with Crippen molar-refractivity contribution in [2.75, 3.05) is 18.6 Å². The van der Waals surface area contributed by atoms with E-state index in [0.29, 0.717) is 0 Å². The first-order chi connectivity index (χ1) is 8.31. The number of aliphatic hydroxyl groups is 1. The van der Waals surface area contributed by atoms with Crippen LogP contribution in [-0.4, -0.2) is 23.7 Å². The SMILES string of the molecule is CSCCCOc1ccc2c(c1)[C@@H](O)CCC2. The van der Waals surface area contributed by atoms with Crippen molar-refractivity contribution in [2.45, 2.75) is 31.8 Å². The van der Waals surface area contributed by atoms with Crippen LogP contribution in [-0.2, 0) is 6.42 Å². The molecular formula is C14H20O2S. The Morgan fingerprint density at radius 1 is 1.47 bits per heavy atom. The minimum atomic E-state index is -0.298. The number of aliphatic hydroxyl groups excluding tert-OH is 1. The summed E-state index contributed by atoms with van der Waals surface area (Å²) < 4.78 is 5.70. The average Bonchev–Trinajstić information content (AvgIpc) is 2.36. The Labute approximate surface area is 107 Å². The van der Waals surface area contributed by atoms with Crippen LogP contribution in [0.25, 0.3) is 0 Å². The van der Waals surface area contributed by atoms with Gasteiger partial charge in [0.1, 0.15) is 5.75 Å². The fraction of sp³-hybridized carbons (Fsp3) is 0.571. The summed E-state index contributed by atoms with van der Waals surface area (Å²) in [4.78, 5) is 0. The molecule has 0 heterocycles. The van der Waals surface area contributed by atoms with Gasteiger partial charge < -0.3 is 9.84 Å². The van der Waals surface area contributed by atoms with E-state index in [0.717, 1.165) is 49.4 Å². The van der Waals surface area contributed by atoms with Gasteiger partial charge in [-0.2, -0.15) is 11.8 Å². The van der Waals surface area contributed by atoms with Crippen LogP contribution < -0.4 is 4.74 Å². The topological polar surface area (TPSA) is 29.5 Å². The highest BCUT2D eigenvalue weighted by molar-refractivity contribution is 7.98. The van der Waals surface area contributed by atoms with Crippen LogP contribution in [0.1, 0.15) is 36.5 Å². The highest BCUT2D eigenvalue weighted by Crippen LogP contribution is 2.32. The van der Waals surface area contributed by atoms with Gasteiger partial charge in [0.25, 0.3) is 0 Å². The van der Waals surface area contributed by atoms with Crippen LogP contribution in [0.5, 0.6) is 5.75 Å². The second-order valence-electron chi connectivity index (χ2n) is 4.46. The first-order valence-corrected chi connectivity index (χ1v) is 7.63. The zero-order valence-corrected chi connectivity index (χ0v) is 11.1. The number of benzene rings is 1. The number of rotatable bonds is 5. The monoisotopic (exact) mass is 252 g/mol. The third kappa shape index (κ3) is 3.39. The van der Waals surface area contributed by atoms with Gasteiger partial charge in [-0.25, -0.2) is 0 Å². The molecule has 17 heavy (non-hydrogen) atoms. The normalized spacial score (nSPS) is 18.8. The van der Waals surface area contributed by atoms with Gasteiger partial charge in [-0.05, 0) is 61.0 Å². The lowest BCUT2D eigenvalue weighted by molar-refractivity contribution is 0.156. The number of aryl methyl sites for hydroxylation is 1. The summed E-state index contributed by atoms with van der Waals surface area (Å²) in [5, 5.41) is 9.94. The van der Waals surface area contributed by atoms with Crippen LogP contribution in [0.3, 0.4) is 0 Å². The minimum absolute atomic E-state index is 0.298. The summed E-state index contributed by atoms with van der Waals surface area (Å²) in [6.07, 6.45) is 5.92. The molecule has 1 aromatic rings. The Balaban J connectivity index is 1.97. The Kier molecular flexibility index (Phi) is 4.75. The summed E-state index contributed by atoms with van der Waals surface area (Å²) in [5.41, 5.74) is 2.35. The lowest BCUT2D eigenvalue weighted by Crippen LogP contribution is -2.09. The Bertz CT molecular complexity index is 365. The van der Waals surface area contributed by atoms with Gasteiger partial charge in [-0.15, -0.1) is 0 Å². The van der Waals surface area contributed by atoms with Crippen molar-refractivity contribution in [1.29, 1.82) is 0 Å². The molecule has 1 aliphatic rings. The van der Waals surface area contributed by atoms with E-state index in [9.17, 15) is 5.11 Å². The Morgan fingerprint density at radius 3 is 3.18 bits per heavy atom. The van der Waals surface area contributed by atoms with Gasteiger partial charge in [0.2, 0.25) is 0 Å². The molecule has 1 atom stereocenters. The Morgan fingerprint density at radius 2 is 2.35 bits per heavy atom. The van der Waals surface area contributed by atoms with E-state index in [4.69, 9.17) is 4.74 Å². The molecule has 2 nitrogen and oxygen atoms in total. The van der Waals surface area contributed by atoms with Crippen molar-refractivity contribution in [3.8, 4) is 5.75 Å². The van der Waals surface area contributed by atoms with E-state index in [-0.39, 0.29) is 6.10 Å². The smallest absolute Gasteiger partial charge is 0.119 e. The second kappa shape index (κ2) is 6.31. The third-order valence-corrected chi connectivity index (χ3v) is 3.86. The first kappa shape index (κ1) is 12.8. The predicted molar refractivity (Wildman–Crippen MR) is 72.8 cm³/mol. The van der Waals surface area contributed by atoms with Gasteiger partial charge in [0.15, 0.2) is 0 Å². The fourth-order valence-electron chi connectivity index (χ4n) is 2.24. The molecule has 3 heteroatoms. The zero-order valence-electron chi connectivity index (χ0n) is 10.3. The molecule has 0 radical (unpaired) electrons. The molecule has 0 saturated heterocycles. The molecule has 0 amide bonds.